The van der Waals surface area contributed by atoms with Crippen molar-refractivity contribution in [2.24, 2.45) is 5.41 Å². The van der Waals surface area contributed by atoms with Gasteiger partial charge in [-0.05, 0) is 80.9 Å². The van der Waals surface area contributed by atoms with E-state index in [1.54, 1.807) is 23.7 Å². The third-order valence-corrected chi connectivity index (χ3v) is 8.24. The van der Waals surface area contributed by atoms with E-state index in [1.807, 2.05) is 18.4 Å². The third kappa shape index (κ3) is 6.27. The van der Waals surface area contributed by atoms with Crippen molar-refractivity contribution in [1.29, 1.82) is 0 Å². The summed E-state index contributed by atoms with van der Waals surface area (Å²) in [4.78, 5) is 15.9. The fourth-order valence-corrected chi connectivity index (χ4v) is 5.60. The van der Waals surface area contributed by atoms with Gasteiger partial charge in [0.25, 0.3) is 0 Å². The van der Waals surface area contributed by atoms with E-state index in [0.717, 1.165) is 72.5 Å². The Balaban J connectivity index is 0.00000158. The van der Waals surface area contributed by atoms with Crippen LogP contribution in [-0.2, 0) is 4.79 Å². The van der Waals surface area contributed by atoms with Crippen LogP contribution in [0.1, 0.15) is 39.0 Å². The zero-order chi connectivity index (χ0) is 24.7. The largest absolute Gasteiger partial charge is 0.491 e. The molecule has 8 heteroatoms. The molecule has 1 unspecified atom stereocenters. The SMILES string of the molecule is CCCCC1CN(c2ccc(F)cc2)c2cc(SC)c(OCC3(C=O)CC3)cc2SN1C.CO. The lowest BCUT2D eigenvalue weighted by Crippen LogP contribution is -2.35. The molecule has 2 aromatic carbocycles. The fraction of sp³-hybridized carbons (Fsp3) is 0.500. The molecule has 1 saturated carbocycles. The number of hydrogen-bond donors (Lipinski definition) is 1. The molecule has 4 rings (SSSR count). The van der Waals surface area contributed by atoms with Crippen LogP contribution in [0.2, 0.25) is 0 Å². The number of unbranched alkanes of at least 4 members (excludes halogenated alkanes) is 1. The molecule has 1 heterocycles. The molecule has 1 atom stereocenters. The summed E-state index contributed by atoms with van der Waals surface area (Å²) >= 11 is 3.39. The molecule has 186 valence electrons. The number of benzene rings is 2. The zero-order valence-corrected chi connectivity index (χ0v) is 22.1. The van der Waals surface area contributed by atoms with Gasteiger partial charge >= 0.3 is 0 Å². The number of halogens is 1. The second-order valence-corrected chi connectivity index (χ2v) is 10.8. The summed E-state index contributed by atoms with van der Waals surface area (Å²) in [6.45, 7) is 3.49. The minimum Gasteiger partial charge on any atom is -0.491 e. The van der Waals surface area contributed by atoms with Gasteiger partial charge in [0, 0.05) is 25.4 Å². The van der Waals surface area contributed by atoms with Crippen molar-refractivity contribution in [3.63, 3.8) is 0 Å². The van der Waals surface area contributed by atoms with Crippen LogP contribution in [0.25, 0.3) is 0 Å². The molecule has 0 amide bonds. The summed E-state index contributed by atoms with van der Waals surface area (Å²) in [6, 6.07) is 11.4. The number of aldehydes is 1. The van der Waals surface area contributed by atoms with Gasteiger partial charge in [-0.15, -0.1) is 11.8 Å². The summed E-state index contributed by atoms with van der Waals surface area (Å²) < 4.78 is 22.2. The number of aliphatic hydroxyl groups is 1. The van der Waals surface area contributed by atoms with E-state index >= 15 is 0 Å². The number of hydrogen-bond acceptors (Lipinski definition) is 7. The normalized spacial score (nSPS) is 18.9. The first-order valence-corrected chi connectivity index (χ1v) is 13.7. The number of likely N-dealkylation sites (N-methyl/N-ethyl adjacent to an activating group) is 1. The first-order chi connectivity index (χ1) is 16.5. The Morgan fingerprint density at radius 2 is 1.97 bits per heavy atom. The number of ether oxygens (including phenoxy) is 1. The first kappa shape index (κ1) is 26.9. The van der Waals surface area contributed by atoms with Gasteiger partial charge in [0.2, 0.25) is 0 Å². The molecule has 1 aliphatic carbocycles. The van der Waals surface area contributed by atoms with E-state index in [1.165, 1.54) is 18.6 Å². The number of carbonyl (C=O) groups is 1. The van der Waals surface area contributed by atoms with Gasteiger partial charge in [-0.1, -0.05) is 19.8 Å². The molecule has 1 fully saturated rings. The number of nitrogens with zero attached hydrogens (tertiary/aromatic N) is 2. The van der Waals surface area contributed by atoms with Gasteiger partial charge in [0.15, 0.2) is 0 Å². The topological polar surface area (TPSA) is 53.0 Å². The van der Waals surface area contributed by atoms with Crippen molar-refractivity contribution in [1.82, 2.24) is 4.31 Å². The maximum Gasteiger partial charge on any atom is 0.134 e. The van der Waals surface area contributed by atoms with Crippen LogP contribution in [0, 0.1) is 11.2 Å². The summed E-state index contributed by atoms with van der Waals surface area (Å²) in [7, 11) is 3.15. The molecule has 0 bridgehead atoms. The lowest BCUT2D eigenvalue weighted by molar-refractivity contribution is -0.113. The molecular weight excluding hydrogens is 471 g/mol. The monoisotopic (exact) mass is 506 g/mol. The highest BCUT2D eigenvalue weighted by Crippen LogP contribution is 2.48. The van der Waals surface area contributed by atoms with E-state index in [-0.39, 0.29) is 11.2 Å². The van der Waals surface area contributed by atoms with Crippen molar-refractivity contribution in [3.8, 4) is 5.75 Å². The maximum atomic E-state index is 13.6. The van der Waals surface area contributed by atoms with Crippen LogP contribution in [0.3, 0.4) is 0 Å². The number of aliphatic hydroxyl groups excluding tert-OH is 1. The Hall–Kier alpha value is -1.74. The first-order valence-electron chi connectivity index (χ1n) is 11.7. The van der Waals surface area contributed by atoms with Crippen LogP contribution >= 0.6 is 23.7 Å². The second kappa shape index (κ2) is 12.3. The Morgan fingerprint density at radius 1 is 1.26 bits per heavy atom. The molecular formula is C26H35FN2O3S2. The third-order valence-electron chi connectivity index (χ3n) is 6.37. The minimum atomic E-state index is -0.294. The van der Waals surface area contributed by atoms with Crippen LogP contribution in [0.4, 0.5) is 15.8 Å². The van der Waals surface area contributed by atoms with E-state index in [2.05, 4.69) is 35.3 Å². The van der Waals surface area contributed by atoms with Crippen LogP contribution in [-0.4, -0.2) is 55.3 Å². The Kier molecular flexibility index (Phi) is 9.71. The van der Waals surface area contributed by atoms with E-state index < -0.39 is 0 Å². The number of thioether (sulfide) groups is 1. The van der Waals surface area contributed by atoms with Crippen molar-refractivity contribution in [3.05, 3.63) is 42.2 Å². The lowest BCUT2D eigenvalue weighted by atomic mass is 10.1. The summed E-state index contributed by atoms with van der Waals surface area (Å²) in [6.07, 6.45) is 8.34. The summed E-state index contributed by atoms with van der Waals surface area (Å²) in [5.74, 6) is 0.604. The predicted molar refractivity (Wildman–Crippen MR) is 140 cm³/mol. The van der Waals surface area contributed by atoms with Gasteiger partial charge in [0.1, 0.15) is 24.5 Å². The average Bonchev–Trinajstić information content (AvgIpc) is 3.66. The quantitative estimate of drug-likeness (QED) is 0.248. The Bertz CT molecular complexity index is 954. The number of carbonyl (C=O) groups excluding carboxylic acids is 1. The molecule has 0 radical (unpaired) electrons. The van der Waals surface area contributed by atoms with Crippen LogP contribution in [0.5, 0.6) is 5.75 Å². The van der Waals surface area contributed by atoms with Gasteiger partial charge in [-0.3, -0.25) is 0 Å². The summed E-state index contributed by atoms with van der Waals surface area (Å²) in [5.41, 5.74) is 1.81. The minimum absolute atomic E-state index is 0.226. The van der Waals surface area contributed by atoms with Crippen molar-refractivity contribution in [2.75, 3.05) is 38.5 Å². The molecule has 0 aromatic heterocycles. The van der Waals surface area contributed by atoms with Gasteiger partial charge < -0.3 is 19.5 Å². The van der Waals surface area contributed by atoms with Crippen molar-refractivity contribution >= 4 is 41.4 Å². The highest BCUT2D eigenvalue weighted by Gasteiger charge is 2.43. The maximum absolute atomic E-state index is 13.6. The molecule has 2 aliphatic rings. The summed E-state index contributed by atoms with van der Waals surface area (Å²) in [5, 5.41) is 7.00. The van der Waals surface area contributed by atoms with E-state index in [9.17, 15) is 9.18 Å². The standard InChI is InChI=1S/C25H31FN2O2S2.CH4O/c1-4-5-6-20-15-28(19-9-7-18(26)8-10-19)21-13-24(31-3)22(14-23(21)32-27(20)2)30-17-25(16-29)11-12-25;1-2/h7-10,13-14,16,20H,4-6,11-12,15,17H2,1-3H3;2H,1H3. The van der Waals surface area contributed by atoms with Gasteiger partial charge in [0.05, 0.1) is 20.9 Å². The Morgan fingerprint density at radius 3 is 2.56 bits per heavy atom. The lowest BCUT2D eigenvalue weighted by Gasteiger charge is -2.30. The molecule has 5 nitrogen and oxygen atoms in total. The molecule has 0 saturated heterocycles. The van der Waals surface area contributed by atoms with Crippen molar-refractivity contribution in [2.45, 2.75) is 54.9 Å². The molecule has 1 N–H and O–H groups in total. The predicted octanol–water partition coefficient (Wildman–Crippen LogP) is 6.16. The molecule has 1 aliphatic heterocycles. The number of rotatable bonds is 9. The zero-order valence-electron chi connectivity index (χ0n) is 20.4. The van der Waals surface area contributed by atoms with Crippen LogP contribution in [0.15, 0.2) is 46.2 Å². The highest BCUT2D eigenvalue weighted by molar-refractivity contribution is 7.98. The van der Waals surface area contributed by atoms with Gasteiger partial charge in [-0.2, -0.15) is 0 Å². The number of fused-ring (bicyclic) bond motifs is 1. The van der Waals surface area contributed by atoms with Gasteiger partial charge in [-0.25, -0.2) is 8.70 Å². The highest BCUT2D eigenvalue weighted by atomic mass is 32.2. The fourth-order valence-electron chi connectivity index (χ4n) is 4.00. The smallest absolute Gasteiger partial charge is 0.134 e. The molecule has 2 aromatic rings. The second-order valence-electron chi connectivity index (χ2n) is 8.76. The molecule has 34 heavy (non-hydrogen) atoms. The average molecular weight is 507 g/mol. The number of anilines is 2. The molecule has 0 spiro atoms. The van der Waals surface area contributed by atoms with Crippen molar-refractivity contribution < 1.29 is 19.0 Å². The van der Waals surface area contributed by atoms with Crippen LogP contribution < -0.4 is 9.64 Å². The van der Waals surface area contributed by atoms with E-state index in [4.69, 9.17) is 9.84 Å². The van der Waals surface area contributed by atoms with E-state index in [0.29, 0.717) is 12.6 Å². The Labute approximate surface area is 211 Å².